The number of piperidine rings is 1. The number of amides is 1. The van der Waals surface area contributed by atoms with Crippen molar-refractivity contribution in [1.29, 1.82) is 0 Å². The van der Waals surface area contributed by atoms with Crippen LogP contribution >= 0.6 is 39.9 Å². The number of carbonyl (C=O) groups is 1. The van der Waals surface area contributed by atoms with Gasteiger partial charge in [-0.1, -0.05) is 11.6 Å². The molecule has 0 radical (unpaired) electrons. The summed E-state index contributed by atoms with van der Waals surface area (Å²) in [6.45, 7) is 2.81. The van der Waals surface area contributed by atoms with Crippen LogP contribution in [0.3, 0.4) is 0 Å². The zero-order chi connectivity index (χ0) is 15.2. The van der Waals surface area contributed by atoms with Gasteiger partial charge in [0.2, 0.25) is 0 Å². The topological polar surface area (TPSA) is 55.6 Å². The first-order valence-electron chi connectivity index (χ1n) is 7.18. The number of carbonyl (C=O) groups excluding carboxylic acids is 1. The number of nitrogens with two attached hydrogens (primary N) is 1. The number of ether oxygens (including phenoxy) is 1. The van der Waals surface area contributed by atoms with Crippen LogP contribution in [0, 0.1) is 0 Å². The van der Waals surface area contributed by atoms with Crippen LogP contribution in [0.5, 0.6) is 0 Å². The maximum absolute atomic E-state index is 12.5. The Hall–Kier alpha value is -0.330. The highest BCUT2D eigenvalue weighted by atomic mass is 79.9. The van der Waals surface area contributed by atoms with Crippen molar-refractivity contribution >= 4 is 45.8 Å². The van der Waals surface area contributed by atoms with Gasteiger partial charge in [0.15, 0.2) is 0 Å². The van der Waals surface area contributed by atoms with Gasteiger partial charge in [-0.05, 0) is 59.9 Å². The lowest BCUT2D eigenvalue weighted by Gasteiger charge is -2.32. The van der Waals surface area contributed by atoms with E-state index >= 15 is 0 Å². The van der Waals surface area contributed by atoms with Crippen LogP contribution in [0.2, 0.25) is 5.02 Å². The monoisotopic (exact) mass is 410 g/mol. The molecule has 0 bridgehead atoms. The molecule has 0 unspecified atom stereocenters. The molecule has 2 N–H and O–H groups in total. The third-order valence-corrected chi connectivity index (χ3v) is 4.48. The van der Waals surface area contributed by atoms with Gasteiger partial charge in [-0.2, -0.15) is 0 Å². The normalized spacial score (nSPS) is 15.5. The highest BCUT2D eigenvalue weighted by Crippen LogP contribution is 2.24. The Labute approximate surface area is 150 Å². The van der Waals surface area contributed by atoms with Crippen LogP contribution in [-0.2, 0) is 4.74 Å². The smallest absolute Gasteiger partial charge is 0.255 e. The van der Waals surface area contributed by atoms with E-state index in [4.69, 9.17) is 22.1 Å². The van der Waals surface area contributed by atoms with Crippen molar-refractivity contribution in [3.05, 3.63) is 33.3 Å². The number of likely N-dealkylation sites (tertiary alicyclic amines) is 1. The summed E-state index contributed by atoms with van der Waals surface area (Å²) in [5.41, 5.74) is 6.10. The lowest BCUT2D eigenvalue weighted by atomic mass is 10.1. The molecule has 22 heavy (non-hydrogen) atoms. The first kappa shape index (κ1) is 19.7. The average Bonchev–Trinajstić information content (AvgIpc) is 2.48. The first-order chi connectivity index (χ1) is 10.1. The summed E-state index contributed by atoms with van der Waals surface area (Å²) >= 11 is 9.31. The van der Waals surface area contributed by atoms with Crippen molar-refractivity contribution in [3.8, 4) is 0 Å². The number of hydrogen-bond donors (Lipinski definition) is 1. The van der Waals surface area contributed by atoms with Crippen molar-refractivity contribution in [1.82, 2.24) is 4.90 Å². The van der Waals surface area contributed by atoms with E-state index in [-0.39, 0.29) is 24.4 Å². The second kappa shape index (κ2) is 9.73. The summed E-state index contributed by atoms with van der Waals surface area (Å²) in [5.74, 6) is 0.0407. The Bertz CT molecular complexity index is 494. The summed E-state index contributed by atoms with van der Waals surface area (Å²) in [6, 6.07) is 5.25. The zero-order valence-electron chi connectivity index (χ0n) is 12.3. The predicted octanol–water partition coefficient (Wildman–Crippen LogP) is 3.49. The minimum atomic E-state index is 0. The van der Waals surface area contributed by atoms with Crippen LogP contribution in [0.4, 0.5) is 0 Å². The van der Waals surface area contributed by atoms with E-state index in [1.54, 1.807) is 18.2 Å². The number of rotatable bonds is 5. The SMILES string of the molecule is Cl.NCCCOC1CCN(C(=O)c2ccc(Cl)cc2Br)CC1. The maximum Gasteiger partial charge on any atom is 0.255 e. The minimum absolute atomic E-state index is 0. The molecular weight excluding hydrogens is 391 g/mol. The molecule has 1 aliphatic rings. The van der Waals surface area contributed by atoms with E-state index < -0.39 is 0 Å². The Balaban J connectivity index is 0.00000242. The summed E-state index contributed by atoms with van der Waals surface area (Å²) < 4.78 is 6.49. The van der Waals surface area contributed by atoms with Gasteiger partial charge >= 0.3 is 0 Å². The molecule has 1 aromatic rings. The molecule has 0 saturated carbocycles. The Morgan fingerprint density at radius 2 is 2.09 bits per heavy atom. The highest BCUT2D eigenvalue weighted by Gasteiger charge is 2.25. The molecule has 124 valence electrons. The third-order valence-electron chi connectivity index (χ3n) is 3.59. The van der Waals surface area contributed by atoms with Gasteiger partial charge in [-0.25, -0.2) is 0 Å². The predicted molar refractivity (Wildman–Crippen MR) is 94.9 cm³/mol. The van der Waals surface area contributed by atoms with Crippen LogP contribution < -0.4 is 5.73 Å². The van der Waals surface area contributed by atoms with Crippen LogP contribution in [-0.4, -0.2) is 43.2 Å². The van der Waals surface area contributed by atoms with Gasteiger partial charge in [0.25, 0.3) is 5.91 Å². The number of hydrogen-bond acceptors (Lipinski definition) is 3. The standard InChI is InChI=1S/C15H20BrClN2O2.ClH/c16-14-10-11(17)2-3-13(14)15(20)19-7-4-12(5-8-19)21-9-1-6-18;/h2-3,10,12H,1,4-9,18H2;1H. The highest BCUT2D eigenvalue weighted by molar-refractivity contribution is 9.10. The molecule has 7 heteroatoms. The second-order valence-corrected chi connectivity index (χ2v) is 6.42. The van der Waals surface area contributed by atoms with E-state index in [9.17, 15) is 4.79 Å². The van der Waals surface area contributed by atoms with Crippen molar-refractivity contribution in [2.24, 2.45) is 5.73 Å². The fraction of sp³-hybridized carbons (Fsp3) is 0.533. The zero-order valence-corrected chi connectivity index (χ0v) is 15.4. The molecule has 0 aliphatic carbocycles. The summed E-state index contributed by atoms with van der Waals surface area (Å²) in [5, 5.41) is 0.616. The quantitative estimate of drug-likeness (QED) is 0.754. The fourth-order valence-corrected chi connectivity index (χ4v) is 3.24. The van der Waals surface area contributed by atoms with Gasteiger partial charge in [-0.3, -0.25) is 4.79 Å². The van der Waals surface area contributed by atoms with E-state index in [0.29, 0.717) is 23.7 Å². The van der Waals surface area contributed by atoms with Crippen molar-refractivity contribution in [2.45, 2.75) is 25.4 Å². The van der Waals surface area contributed by atoms with Crippen LogP contribution in [0.15, 0.2) is 22.7 Å². The maximum atomic E-state index is 12.5. The van der Waals surface area contributed by atoms with Crippen LogP contribution in [0.25, 0.3) is 0 Å². The molecular formula is C15H21BrCl2N2O2. The first-order valence-corrected chi connectivity index (χ1v) is 8.35. The second-order valence-electron chi connectivity index (χ2n) is 5.13. The minimum Gasteiger partial charge on any atom is -0.378 e. The summed E-state index contributed by atoms with van der Waals surface area (Å²) in [7, 11) is 0. The number of benzene rings is 1. The molecule has 1 amide bonds. The fourth-order valence-electron chi connectivity index (χ4n) is 2.39. The summed E-state index contributed by atoms with van der Waals surface area (Å²) in [6.07, 6.45) is 2.88. The van der Waals surface area contributed by atoms with Gasteiger partial charge in [0.05, 0.1) is 11.7 Å². The molecule has 2 rings (SSSR count). The summed E-state index contributed by atoms with van der Waals surface area (Å²) in [4.78, 5) is 14.4. The number of halogens is 3. The van der Waals surface area contributed by atoms with Crippen LogP contribution in [0.1, 0.15) is 29.6 Å². The van der Waals surface area contributed by atoms with Gasteiger partial charge in [0.1, 0.15) is 0 Å². The van der Waals surface area contributed by atoms with E-state index in [1.165, 1.54) is 0 Å². The number of nitrogens with zero attached hydrogens (tertiary/aromatic N) is 1. The Kier molecular flexibility index (Phi) is 8.72. The van der Waals surface area contributed by atoms with Crippen molar-refractivity contribution in [2.75, 3.05) is 26.2 Å². The van der Waals surface area contributed by atoms with Crippen molar-refractivity contribution < 1.29 is 9.53 Å². The average molecular weight is 412 g/mol. The lowest BCUT2D eigenvalue weighted by Crippen LogP contribution is -2.41. The molecule has 4 nitrogen and oxygen atoms in total. The van der Waals surface area contributed by atoms with E-state index in [2.05, 4.69) is 15.9 Å². The van der Waals surface area contributed by atoms with Crippen molar-refractivity contribution in [3.63, 3.8) is 0 Å². The largest absolute Gasteiger partial charge is 0.378 e. The molecule has 0 spiro atoms. The molecule has 1 fully saturated rings. The molecule has 1 aromatic carbocycles. The van der Waals surface area contributed by atoms with Gasteiger partial charge in [0, 0.05) is 29.2 Å². The van der Waals surface area contributed by atoms with Gasteiger partial charge < -0.3 is 15.4 Å². The molecule has 0 atom stereocenters. The molecule has 1 heterocycles. The molecule has 1 aliphatic heterocycles. The third kappa shape index (κ3) is 5.39. The Morgan fingerprint density at radius 3 is 2.68 bits per heavy atom. The van der Waals surface area contributed by atoms with E-state index in [0.717, 1.165) is 36.8 Å². The van der Waals surface area contributed by atoms with Gasteiger partial charge in [-0.15, -0.1) is 12.4 Å². The molecule has 1 saturated heterocycles. The molecule has 0 aromatic heterocycles. The van der Waals surface area contributed by atoms with E-state index in [1.807, 2.05) is 4.90 Å². The lowest BCUT2D eigenvalue weighted by molar-refractivity contribution is 0.00842. The Morgan fingerprint density at radius 1 is 1.41 bits per heavy atom.